The summed E-state index contributed by atoms with van der Waals surface area (Å²) in [6.45, 7) is 0.882. The summed E-state index contributed by atoms with van der Waals surface area (Å²) in [4.78, 5) is 18.8. The Morgan fingerprint density at radius 2 is 1.96 bits per heavy atom. The molecule has 0 atom stereocenters. The molecule has 0 bridgehead atoms. The highest BCUT2D eigenvalue weighted by Crippen LogP contribution is 2.26. The number of amides is 2. The first-order chi connectivity index (χ1) is 12.2. The molecule has 1 aromatic heterocycles. The van der Waals surface area contributed by atoms with E-state index >= 15 is 0 Å². The number of para-hydroxylation sites is 1. The first-order valence-corrected chi connectivity index (χ1v) is 8.94. The fraction of sp³-hybridized carbons (Fsp3) is 0.400. The van der Waals surface area contributed by atoms with E-state index in [4.69, 9.17) is 0 Å². The second kappa shape index (κ2) is 8.51. The van der Waals surface area contributed by atoms with Gasteiger partial charge in [-0.3, -0.25) is 4.98 Å². The highest BCUT2D eigenvalue weighted by atomic mass is 16.3. The molecule has 2 amide bonds. The quantitative estimate of drug-likeness (QED) is 0.870. The third-order valence-electron chi connectivity index (χ3n) is 4.78. The molecule has 1 saturated carbocycles. The first-order valence-electron chi connectivity index (χ1n) is 8.94. The Bertz CT molecular complexity index is 684. The zero-order valence-electron chi connectivity index (χ0n) is 14.4. The van der Waals surface area contributed by atoms with Gasteiger partial charge < -0.3 is 15.3 Å². The van der Waals surface area contributed by atoms with Crippen molar-refractivity contribution < 1.29 is 9.90 Å². The number of phenolic OH excluding ortho intramolecular Hbond substituents is 1. The Morgan fingerprint density at radius 1 is 1.16 bits per heavy atom. The molecule has 0 radical (unpaired) electrons. The number of rotatable bonds is 5. The van der Waals surface area contributed by atoms with Crippen molar-refractivity contribution in [2.24, 2.45) is 0 Å². The van der Waals surface area contributed by atoms with Crippen molar-refractivity contribution in [1.29, 1.82) is 0 Å². The summed E-state index contributed by atoms with van der Waals surface area (Å²) in [6, 6.07) is 11.2. The van der Waals surface area contributed by atoms with E-state index in [1.54, 1.807) is 24.5 Å². The van der Waals surface area contributed by atoms with Crippen LogP contribution < -0.4 is 5.32 Å². The van der Waals surface area contributed by atoms with Gasteiger partial charge in [0.2, 0.25) is 0 Å². The van der Waals surface area contributed by atoms with Gasteiger partial charge in [0.15, 0.2) is 0 Å². The lowest BCUT2D eigenvalue weighted by Gasteiger charge is -2.34. The number of urea groups is 1. The van der Waals surface area contributed by atoms with Crippen molar-refractivity contribution in [3.8, 4) is 5.75 Å². The van der Waals surface area contributed by atoms with Crippen molar-refractivity contribution in [3.63, 3.8) is 0 Å². The summed E-state index contributed by atoms with van der Waals surface area (Å²) in [5, 5.41) is 13.1. The number of carbonyl (C=O) groups excluding carboxylic acids is 1. The molecule has 1 aliphatic carbocycles. The van der Waals surface area contributed by atoms with Crippen LogP contribution in [0.4, 0.5) is 4.79 Å². The fourth-order valence-corrected chi connectivity index (χ4v) is 3.37. The lowest BCUT2D eigenvalue weighted by molar-refractivity contribution is 0.150. The molecule has 1 heterocycles. The van der Waals surface area contributed by atoms with Crippen LogP contribution in [0, 0.1) is 0 Å². The minimum Gasteiger partial charge on any atom is -0.508 e. The van der Waals surface area contributed by atoms with Crippen LogP contribution in [-0.4, -0.2) is 27.1 Å². The van der Waals surface area contributed by atoms with Gasteiger partial charge in [0.1, 0.15) is 5.75 Å². The van der Waals surface area contributed by atoms with Crippen LogP contribution in [0.15, 0.2) is 48.8 Å². The van der Waals surface area contributed by atoms with Crippen molar-refractivity contribution in [1.82, 2.24) is 15.2 Å². The number of nitrogens with zero attached hydrogens (tertiary/aromatic N) is 2. The Balaban J connectivity index is 1.70. The zero-order valence-corrected chi connectivity index (χ0v) is 14.4. The SMILES string of the molecule is O=C(NCc1cccnc1)N(Cc1ccccc1O)C1CCCCC1. The van der Waals surface area contributed by atoms with Crippen molar-refractivity contribution in [2.45, 2.75) is 51.2 Å². The molecule has 132 valence electrons. The largest absolute Gasteiger partial charge is 0.508 e. The van der Waals surface area contributed by atoms with Gasteiger partial charge in [0.05, 0.1) is 6.54 Å². The van der Waals surface area contributed by atoms with E-state index in [-0.39, 0.29) is 17.8 Å². The number of aromatic nitrogens is 1. The van der Waals surface area contributed by atoms with Crippen LogP contribution in [0.25, 0.3) is 0 Å². The molecule has 3 rings (SSSR count). The zero-order chi connectivity index (χ0) is 17.5. The molecule has 2 aromatic rings. The minimum atomic E-state index is -0.0843. The predicted molar refractivity (Wildman–Crippen MR) is 97.0 cm³/mol. The topological polar surface area (TPSA) is 65.5 Å². The van der Waals surface area contributed by atoms with Gasteiger partial charge in [0, 0.05) is 30.5 Å². The number of benzene rings is 1. The fourth-order valence-electron chi connectivity index (χ4n) is 3.37. The summed E-state index contributed by atoms with van der Waals surface area (Å²) >= 11 is 0. The molecular weight excluding hydrogens is 314 g/mol. The Morgan fingerprint density at radius 3 is 2.68 bits per heavy atom. The van der Waals surface area contributed by atoms with Crippen LogP contribution in [0.5, 0.6) is 5.75 Å². The van der Waals surface area contributed by atoms with Crippen LogP contribution in [-0.2, 0) is 13.1 Å². The number of nitrogens with one attached hydrogen (secondary N) is 1. The molecule has 25 heavy (non-hydrogen) atoms. The third kappa shape index (κ3) is 4.72. The third-order valence-corrected chi connectivity index (χ3v) is 4.78. The van der Waals surface area contributed by atoms with Crippen molar-refractivity contribution >= 4 is 6.03 Å². The summed E-state index contributed by atoms with van der Waals surface area (Å²) in [5.74, 6) is 0.239. The Labute approximate surface area is 148 Å². The van der Waals surface area contributed by atoms with E-state index in [0.29, 0.717) is 13.1 Å². The summed E-state index contributed by atoms with van der Waals surface area (Å²) in [5.41, 5.74) is 1.76. The van der Waals surface area contributed by atoms with Gasteiger partial charge in [-0.25, -0.2) is 4.79 Å². The second-order valence-electron chi connectivity index (χ2n) is 6.57. The lowest BCUT2D eigenvalue weighted by atomic mass is 9.94. The molecule has 0 spiro atoms. The summed E-state index contributed by atoms with van der Waals surface area (Å²) < 4.78 is 0. The van der Waals surface area contributed by atoms with Crippen LogP contribution >= 0.6 is 0 Å². The van der Waals surface area contributed by atoms with Gasteiger partial charge >= 0.3 is 6.03 Å². The minimum absolute atomic E-state index is 0.0843. The Hall–Kier alpha value is -2.56. The maximum atomic E-state index is 12.8. The molecule has 5 heteroatoms. The average Bonchev–Trinajstić information content (AvgIpc) is 2.67. The highest BCUT2D eigenvalue weighted by molar-refractivity contribution is 5.74. The number of hydrogen-bond donors (Lipinski definition) is 2. The smallest absolute Gasteiger partial charge is 0.318 e. The predicted octanol–water partition coefficient (Wildman–Crippen LogP) is 3.83. The van der Waals surface area contributed by atoms with Gasteiger partial charge in [-0.05, 0) is 30.5 Å². The number of phenols is 1. The van der Waals surface area contributed by atoms with Crippen LogP contribution in [0.3, 0.4) is 0 Å². The van der Waals surface area contributed by atoms with Gasteiger partial charge in [-0.2, -0.15) is 0 Å². The highest BCUT2D eigenvalue weighted by Gasteiger charge is 2.26. The Kier molecular flexibility index (Phi) is 5.88. The maximum Gasteiger partial charge on any atom is 0.318 e. The van der Waals surface area contributed by atoms with Gasteiger partial charge in [-0.1, -0.05) is 43.5 Å². The number of aromatic hydroxyl groups is 1. The molecule has 0 unspecified atom stereocenters. The van der Waals surface area contributed by atoms with Crippen LogP contribution in [0.2, 0.25) is 0 Å². The molecular formula is C20H25N3O2. The normalized spacial score (nSPS) is 14.9. The average molecular weight is 339 g/mol. The van der Waals surface area contributed by atoms with E-state index in [1.165, 1.54) is 6.42 Å². The lowest BCUT2D eigenvalue weighted by Crippen LogP contribution is -2.46. The number of pyridine rings is 1. The number of carbonyl (C=O) groups is 1. The van der Waals surface area contributed by atoms with Crippen LogP contribution in [0.1, 0.15) is 43.2 Å². The molecule has 1 aliphatic rings. The molecule has 1 aromatic carbocycles. The molecule has 5 nitrogen and oxygen atoms in total. The summed E-state index contributed by atoms with van der Waals surface area (Å²) in [6.07, 6.45) is 9.06. The molecule has 1 fully saturated rings. The van der Waals surface area contributed by atoms with E-state index in [9.17, 15) is 9.90 Å². The molecule has 0 aliphatic heterocycles. The van der Waals surface area contributed by atoms with E-state index < -0.39 is 0 Å². The maximum absolute atomic E-state index is 12.8. The van der Waals surface area contributed by atoms with Gasteiger partial charge in [-0.15, -0.1) is 0 Å². The number of hydrogen-bond acceptors (Lipinski definition) is 3. The first kappa shape index (κ1) is 17.3. The van der Waals surface area contributed by atoms with Crippen molar-refractivity contribution in [3.05, 3.63) is 59.9 Å². The molecule has 2 N–H and O–H groups in total. The van der Waals surface area contributed by atoms with Crippen molar-refractivity contribution in [2.75, 3.05) is 0 Å². The van der Waals surface area contributed by atoms with E-state index in [2.05, 4.69) is 10.3 Å². The second-order valence-corrected chi connectivity index (χ2v) is 6.57. The standard InChI is InChI=1S/C20H25N3O2/c24-19-11-5-4-8-17(19)15-23(18-9-2-1-3-10-18)20(25)22-14-16-7-6-12-21-13-16/h4-8,11-13,18,24H,1-3,9-10,14-15H2,(H,22,25). The van der Waals surface area contributed by atoms with E-state index in [1.807, 2.05) is 29.2 Å². The molecule has 0 saturated heterocycles. The summed E-state index contributed by atoms with van der Waals surface area (Å²) in [7, 11) is 0. The monoisotopic (exact) mass is 339 g/mol. The van der Waals surface area contributed by atoms with Gasteiger partial charge in [0.25, 0.3) is 0 Å². The van der Waals surface area contributed by atoms with E-state index in [0.717, 1.165) is 36.8 Å².